The average Bonchev–Trinajstić information content (AvgIpc) is 3.63. The second kappa shape index (κ2) is 9.78. The molecule has 0 aliphatic carbocycles. The summed E-state index contributed by atoms with van der Waals surface area (Å²) in [5.41, 5.74) is 6.07. The highest BCUT2D eigenvalue weighted by molar-refractivity contribution is 5.96. The number of imidazole rings is 1. The van der Waals surface area contributed by atoms with Crippen LogP contribution < -0.4 is 4.74 Å². The molecule has 2 unspecified atom stereocenters. The molecule has 5 heterocycles. The molecule has 2 aliphatic heterocycles. The zero-order chi connectivity index (χ0) is 27.4. The van der Waals surface area contributed by atoms with Crippen LogP contribution in [-0.2, 0) is 13.1 Å². The Kier molecular flexibility index (Phi) is 6.08. The number of carboxylic acids is 1. The van der Waals surface area contributed by atoms with E-state index in [0.29, 0.717) is 29.6 Å². The predicted molar refractivity (Wildman–Crippen MR) is 155 cm³/mol. The fraction of sp³-hybridized carbons (Fsp3) is 0.344. The van der Waals surface area contributed by atoms with Gasteiger partial charge in [-0.15, -0.1) is 0 Å². The molecule has 8 heteroatoms. The molecule has 40 heavy (non-hydrogen) atoms. The molecule has 2 aromatic carbocycles. The first-order chi connectivity index (χ1) is 19.5. The van der Waals surface area contributed by atoms with E-state index in [1.165, 1.54) is 17.5 Å². The lowest BCUT2D eigenvalue weighted by molar-refractivity contribution is 0.0696. The van der Waals surface area contributed by atoms with E-state index in [1.54, 1.807) is 19.2 Å². The Morgan fingerprint density at radius 2 is 1.95 bits per heavy atom. The number of rotatable bonds is 2. The Hall–Kier alpha value is -4.17. The van der Waals surface area contributed by atoms with Gasteiger partial charge < -0.3 is 23.9 Å². The largest absolute Gasteiger partial charge is 0.494 e. The zero-order valence-electron chi connectivity index (χ0n) is 22.9. The first-order valence-electron chi connectivity index (χ1n) is 14.0. The number of likely N-dealkylation sites (N-methyl/N-ethyl adjacent to an activating group) is 1. The maximum atomic E-state index is 11.9. The van der Waals surface area contributed by atoms with E-state index in [2.05, 4.69) is 57.5 Å². The molecule has 2 aliphatic rings. The number of nitrogens with zero attached hydrogens (tertiary/aromatic N) is 5. The van der Waals surface area contributed by atoms with Gasteiger partial charge in [-0.05, 0) is 67.3 Å². The Labute approximate surface area is 232 Å². The minimum atomic E-state index is -1.00. The number of pyridine rings is 1. The minimum absolute atomic E-state index is 0.159. The number of ether oxygens (including phenoxy) is 1. The summed E-state index contributed by atoms with van der Waals surface area (Å²) < 4.78 is 10.3. The normalized spacial score (nSPS) is 19.6. The van der Waals surface area contributed by atoms with Crippen molar-refractivity contribution in [3.8, 4) is 17.3 Å². The summed E-state index contributed by atoms with van der Waals surface area (Å²) in [6, 6.07) is 18.4. The highest BCUT2D eigenvalue weighted by Gasteiger charge is 2.32. The van der Waals surface area contributed by atoms with Gasteiger partial charge in [0.15, 0.2) is 5.82 Å². The van der Waals surface area contributed by atoms with Crippen LogP contribution in [0.4, 0.5) is 0 Å². The number of aryl methyl sites for hydroxylation is 1. The Balaban J connectivity index is 1.49. The van der Waals surface area contributed by atoms with Crippen molar-refractivity contribution in [2.24, 2.45) is 5.92 Å². The number of benzene rings is 2. The number of likely N-dealkylation sites (tertiary alicyclic amines) is 1. The number of fused-ring (bicyclic) bond motifs is 11. The van der Waals surface area contributed by atoms with Crippen molar-refractivity contribution in [2.75, 3.05) is 27.2 Å². The van der Waals surface area contributed by atoms with Gasteiger partial charge in [0, 0.05) is 43.7 Å². The van der Waals surface area contributed by atoms with Crippen LogP contribution in [0.1, 0.15) is 46.7 Å². The summed E-state index contributed by atoms with van der Waals surface area (Å²) in [5.74, 6) is 1.45. The van der Waals surface area contributed by atoms with Crippen molar-refractivity contribution in [1.29, 1.82) is 0 Å². The average molecular weight is 536 g/mol. The molecule has 0 spiro atoms. The lowest BCUT2D eigenvalue weighted by atomic mass is 9.85. The van der Waals surface area contributed by atoms with Crippen molar-refractivity contribution >= 4 is 28.0 Å². The van der Waals surface area contributed by atoms with E-state index < -0.39 is 5.97 Å². The fourth-order valence-corrected chi connectivity index (χ4v) is 6.90. The lowest BCUT2D eigenvalue weighted by Crippen LogP contribution is -2.14. The van der Waals surface area contributed by atoms with Crippen molar-refractivity contribution in [2.45, 2.75) is 38.3 Å². The molecule has 204 valence electrons. The Bertz CT molecular complexity index is 1750. The van der Waals surface area contributed by atoms with E-state index >= 15 is 0 Å². The van der Waals surface area contributed by atoms with Crippen LogP contribution in [0.25, 0.3) is 33.6 Å². The summed E-state index contributed by atoms with van der Waals surface area (Å²) in [6.45, 7) is 3.64. The van der Waals surface area contributed by atoms with E-state index in [4.69, 9.17) is 14.7 Å². The van der Waals surface area contributed by atoms with Crippen LogP contribution in [0, 0.1) is 5.92 Å². The Morgan fingerprint density at radius 1 is 1.05 bits per heavy atom. The second-order valence-electron chi connectivity index (χ2n) is 11.3. The summed E-state index contributed by atoms with van der Waals surface area (Å²) >= 11 is 0. The molecule has 2 bridgehead atoms. The maximum Gasteiger partial charge on any atom is 0.335 e. The van der Waals surface area contributed by atoms with E-state index in [1.807, 2.05) is 12.3 Å². The van der Waals surface area contributed by atoms with Gasteiger partial charge in [-0.1, -0.05) is 30.7 Å². The highest BCUT2D eigenvalue weighted by Crippen LogP contribution is 2.38. The van der Waals surface area contributed by atoms with Crippen LogP contribution in [0.2, 0.25) is 0 Å². The zero-order valence-corrected chi connectivity index (χ0v) is 22.9. The monoisotopic (exact) mass is 535 g/mol. The van der Waals surface area contributed by atoms with E-state index in [9.17, 15) is 9.90 Å². The van der Waals surface area contributed by atoms with Gasteiger partial charge in [0.2, 0.25) is 0 Å². The van der Waals surface area contributed by atoms with Gasteiger partial charge in [0.1, 0.15) is 16.9 Å². The van der Waals surface area contributed by atoms with Crippen LogP contribution >= 0.6 is 0 Å². The third-order valence-corrected chi connectivity index (χ3v) is 8.71. The molecule has 0 amide bonds. The van der Waals surface area contributed by atoms with Crippen LogP contribution in [0.15, 0.2) is 60.8 Å². The molecule has 7 rings (SSSR count). The molecule has 1 N–H and O–H groups in total. The highest BCUT2D eigenvalue weighted by atomic mass is 16.5. The van der Waals surface area contributed by atoms with Gasteiger partial charge >= 0.3 is 5.97 Å². The van der Waals surface area contributed by atoms with Crippen molar-refractivity contribution in [1.82, 2.24) is 24.0 Å². The van der Waals surface area contributed by atoms with Gasteiger partial charge in [0.25, 0.3) is 0 Å². The van der Waals surface area contributed by atoms with E-state index in [-0.39, 0.29) is 5.56 Å². The van der Waals surface area contributed by atoms with Crippen LogP contribution in [-0.4, -0.2) is 62.3 Å². The molecule has 0 radical (unpaired) electrons. The number of aromatic nitrogens is 4. The fourth-order valence-electron chi connectivity index (χ4n) is 6.90. The number of methoxy groups -OCH3 is 1. The molecule has 1 saturated heterocycles. The maximum absolute atomic E-state index is 11.9. The summed E-state index contributed by atoms with van der Waals surface area (Å²) in [5, 5.41) is 10.8. The van der Waals surface area contributed by atoms with Gasteiger partial charge in [-0.25, -0.2) is 14.8 Å². The number of carbonyl (C=O) groups is 1. The van der Waals surface area contributed by atoms with E-state index in [0.717, 1.165) is 60.5 Å². The predicted octanol–water partition coefficient (Wildman–Crippen LogP) is 5.64. The third kappa shape index (κ3) is 4.14. The lowest BCUT2D eigenvalue weighted by Gasteiger charge is -2.21. The Morgan fingerprint density at radius 3 is 2.80 bits per heavy atom. The molecular formula is C32H33N5O3. The summed E-state index contributed by atoms with van der Waals surface area (Å²) in [7, 11) is 3.82. The number of hydrogen-bond donors (Lipinski definition) is 1. The van der Waals surface area contributed by atoms with Crippen LogP contribution in [0.5, 0.6) is 5.75 Å². The van der Waals surface area contributed by atoms with Gasteiger partial charge in [-0.3, -0.25) is 0 Å². The number of aromatic carboxylic acids is 1. The first kappa shape index (κ1) is 24.8. The molecule has 3 aromatic heterocycles. The van der Waals surface area contributed by atoms with Gasteiger partial charge in [0.05, 0.1) is 23.9 Å². The van der Waals surface area contributed by atoms with Crippen LogP contribution in [0.3, 0.4) is 0 Å². The quantitative estimate of drug-likeness (QED) is 0.315. The number of hydrogen-bond acceptors (Lipinski definition) is 5. The smallest absolute Gasteiger partial charge is 0.335 e. The topological polar surface area (TPSA) is 85.4 Å². The number of carboxylic acid groups (broad SMARTS) is 1. The SMILES string of the molecule is COc1cc(C(=O)O)cc2nc3n(c12)Cc1cccc(c1)C1CN(C)CC1CCCCn1c-3cc2cccnc21. The summed E-state index contributed by atoms with van der Waals surface area (Å²) in [6.07, 6.45) is 5.24. The van der Waals surface area contributed by atoms with Crippen molar-refractivity contribution in [3.63, 3.8) is 0 Å². The summed E-state index contributed by atoms with van der Waals surface area (Å²) in [4.78, 5) is 24.2. The molecule has 1 fully saturated rings. The molecule has 2 atom stereocenters. The minimum Gasteiger partial charge on any atom is -0.494 e. The van der Waals surface area contributed by atoms with Crippen molar-refractivity contribution < 1.29 is 14.6 Å². The molecular weight excluding hydrogens is 502 g/mol. The van der Waals surface area contributed by atoms with Gasteiger partial charge in [-0.2, -0.15) is 0 Å². The van der Waals surface area contributed by atoms with Crippen molar-refractivity contribution in [3.05, 3.63) is 77.5 Å². The standard InChI is InChI=1S/C32H33N5O3/c1-35-18-23-8-3-4-12-36-27(15-22-10-6-11-33-30(22)36)31-34-26-14-24(32(38)39)16-28(40-2)29(26)37(31)17-20-7-5-9-21(13-20)25(23)19-35/h5-7,9-11,13-16,23,25H,3-4,8,12,17-19H2,1-2H3,(H,38,39). The second-order valence-corrected chi connectivity index (χ2v) is 11.3. The molecule has 5 aromatic rings. The first-order valence-corrected chi connectivity index (χ1v) is 14.0. The third-order valence-electron chi connectivity index (χ3n) is 8.71. The molecule has 8 nitrogen and oxygen atoms in total. The molecule has 0 saturated carbocycles.